The summed E-state index contributed by atoms with van der Waals surface area (Å²) < 4.78 is 7.79. The molecule has 0 spiro atoms. The van der Waals surface area contributed by atoms with E-state index in [0.717, 1.165) is 15.1 Å². The number of carbonyl (C=O) groups is 3. The lowest BCUT2D eigenvalue weighted by molar-refractivity contribution is -0.121. The molecule has 0 bridgehead atoms. The van der Waals surface area contributed by atoms with Gasteiger partial charge in [0.15, 0.2) is 4.80 Å². The Labute approximate surface area is 191 Å². The van der Waals surface area contributed by atoms with Crippen LogP contribution in [0.15, 0.2) is 41.4 Å². The van der Waals surface area contributed by atoms with E-state index in [0.29, 0.717) is 33.7 Å². The Morgan fingerprint density at radius 1 is 1.16 bits per heavy atom. The van der Waals surface area contributed by atoms with E-state index in [1.165, 1.54) is 17.4 Å². The van der Waals surface area contributed by atoms with Crippen molar-refractivity contribution in [3.8, 4) is 0 Å². The summed E-state index contributed by atoms with van der Waals surface area (Å²) >= 11 is 13.8. The van der Waals surface area contributed by atoms with Gasteiger partial charge in [0, 0.05) is 37.1 Å². The van der Waals surface area contributed by atoms with E-state index in [1.807, 2.05) is 4.57 Å². The molecule has 0 saturated carbocycles. The summed E-state index contributed by atoms with van der Waals surface area (Å²) in [5.74, 6) is -1.05. The molecule has 2 heterocycles. The number of methoxy groups -OCH3 is 1. The molecule has 0 aliphatic carbocycles. The van der Waals surface area contributed by atoms with E-state index in [2.05, 4.69) is 4.99 Å². The second-order valence-electron chi connectivity index (χ2n) is 6.85. The Bertz CT molecular complexity index is 1270. The maximum absolute atomic E-state index is 12.9. The topological polar surface area (TPSA) is 81.0 Å². The van der Waals surface area contributed by atoms with Gasteiger partial charge in [-0.05, 0) is 30.3 Å². The predicted molar refractivity (Wildman–Crippen MR) is 120 cm³/mol. The maximum atomic E-state index is 12.9. The molecule has 1 saturated heterocycles. The quantitative estimate of drug-likeness (QED) is 0.519. The molecule has 7 nitrogen and oxygen atoms in total. The van der Waals surface area contributed by atoms with Gasteiger partial charge in [0.1, 0.15) is 0 Å². The second kappa shape index (κ2) is 8.92. The van der Waals surface area contributed by atoms with Crippen LogP contribution in [-0.4, -0.2) is 36.0 Å². The number of halogens is 2. The van der Waals surface area contributed by atoms with Gasteiger partial charge < -0.3 is 9.30 Å². The van der Waals surface area contributed by atoms with Gasteiger partial charge >= 0.3 is 0 Å². The highest BCUT2D eigenvalue weighted by molar-refractivity contribution is 7.16. The molecule has 0 radical (unpaired) electrons. The first-order chi connectivity index (χ1) is 14.9. The van der Waals surface area contributed by atoms with Crippen LogP contribution >= 0.6 is 34.5 Å². The number of carbonyl (C=O) groups excluding carboxylic acids is 3. The van der Waals surface area contributed by atoms with Crippen LogP contribution in [0, 0.1) is 0 Å². The number of fused-ring (bicyclic) bond motifs is 1. The lowest BCUT2D eigenvalue weighted by atomic mass is 10.2. The normalized spacial score (nSPS) is 14.8. The second-order valence-corrected chi connectivity index (χ2v) is 8.71. The summed E-state index contributed by atoms with van der Waals surface area (Å²) in [6, 6.07) is 9.75. The zero-order valence-corrected chi connectivity index (χ0v) is 18.8. The van der Waals surface area contributed by atoms with E-state index in [9.17, 15) is 14.4 Å². The fourth-order valence-electron chi connectivity index (χ4n) is 3.40. The summed E-state index contributed by atoms with van der Waals surface area (Å²) in [5, 5.41) is 0.944. The van der Waals surface area contributed by atoms with Gasteiger partial charge in [-0.3, -0.25) is 19.3 Å². The van der Waals surface area contributed by atoms with Crippen LogP contribution in [0.3, 0.4) is 0 Å². The van der Waals surface area contributed by atoms with Crippen molar-refractivity contribution in [2.24, 2.45) is 4.99 Å². The van der Waals surface area contributed by atoms with E-state index < -0.39 is 5.91 Å². The van der Waals surface area contributed by atoms with Crippen molar-refractivity contribution in [2.75, 3.05) is 18.6 Å². The van der Waals surface area contributed by atoms with Gasteiger partial charge in [0.05, 0.1) is 27.5 Å². The van der Waals surface area contributed by atoms with Crippen molar-refractivity contribution in [3.63, 3.8) is 0 Å². The van der Waals surface area contributed by atoms with E-state index in [4.69, 9.17) is 27.9 Å². The molecule has 1 aromatic heterocycles. The Morgan fingerprint density at radius 2 is 1.90 bits per heavy atom. The van der Waals surface area contributed by atoms with Crippen molar-refractivity contribution in [3.05, 3.63) is 56.8 Å². The summed E-state index contributed by atoms with van der Waals surface area (Å²) in [5.41, 5.74) is 1.36. The van der Waals surface area contributed by atoms with Crippen LogP contribution in [0.2, 0.25) is 10.0 Å². The average molecular weight is 478 g/mol. The molecule has 0 atom stereocenters. The van der Waals surface area contributed by atoms with Gasteiger partial charge in [-0.15, -0.1) is 0 Å². The lowest BCUT2D eigenvalue weighted by Gasteiger charge is -2.14. The molecule has 10 heteroatoms. The Hall–Kier alpha value is -2.52. The molecular weight excluding hydrogens is 461 g/mol. The van der Waals surface area contributed by atoms with Gasteiger partial charge in [-0.25, -0.2) is 0 Å². The molecule has 31 heavy (non-hydrogen) atoms. The third kappa shape index (κ3) is 4.29. The van der Waals surface area contributed by atoms with Crippen molar-refractivity contribution in [1.82, 2.24) is 4.57 Å². The average Bonchev–Trinajstić information content (AvgIpc) is 3.25. The van der Waals surface area contributed by atoms with Crippen LogP contribution in [0.5, 0.6) is 0 Å². The monoisotopic (exact) mass is 477 g/mol. The third-order valence-electron chi connectivity index (χ3n) is 4.81. The smallest absolute Gasteiger partial charge is 0.279 e. The number of benzene rings is 2. The van der Waals surface area contributed by atoms with Gasteiger partial charge in [0.2, 0.25) is 11.8 Å². The van der Waals surface area contributed by atoms with Crippen molar-refractivity contribution < 1.29 is 19.1 Å². The molecule has 0 unspecified atom stereocenters. The minimum atomic E-state index is -0.499. The molecule has 160 valence electrons. The number of nitrogens with zero attached hydrogens (tertiary/aromatic N) is 3. The minimum Gasteiger partial charge on any atom is -0.383 e. The number of rotatable bonds is 5. The van der Waals surface area contributed by atoms with Crippen molar-refractivity contribution >= 4 is 68.2 Å². The molecule has 1 aliphatic heterocycles. The fourth-order valence-corrected chi connectivity index (χ4v) is 5.24. The number of amides is 3. The highest BCUT2D eigenvalue weighted by Crippen LogP contribution is 2.30. The van der Waals surface area contributed by atoms with E-state index >= 15 is 0 Å². The Kier molecular flexibility index (Phi) is 6.24. The van der Waals surface area contributed by atoms with Crippen LogP contribution < -0.4 is 9.70 Å². The number of hydrogen-bond acceptors (Lipinski definition) is 5. The molecule has 2 aromatic carbocycles. The van der Waals surface area contributed by atoms with Crippen molar-refractivity contribution in [2.45, 2.75) is 19.4 Å². The number of hydrogen-bond donors (Lipinski definition) is 0. The number of imide groups is 1. The maximum Gasteiger partial charge on any atom is 0.279 e. The fraction of sp³-hybridized carbons (Fsp3) is 0.238. The Balaban J connectivity index is 1.77. The number of thiazole rings is 1. The SMILES string of the molecule is COCCn1c(=NC(=O)c2cccc(N3C(=O)CCC3=O)c2)sc2cc(Cl)cc(Cl)c21. The standard InChI is InChI=1S/C21H17Cl2N3O4S/c1-30-8-7-25-19-15(23)10-13(22)11-16(19)31-21(25)24-20(29)12-3-2-4-14(9-12)26-17(27)5-6-18(26)28/h2-4,9-11H,5-8H2,1H3. The predicted octanol–water partition coefficient (Wildman–Crippen LogP) is 4.05. The van der Waals surface area contributed by atoms with E-state index in [-0.39, 0.29) is 30.2 Å². The minimum absolute atomic E-state index is 0.173. The molecule has 1 fully saturated rings. The molecule has 1 aliphatic rings. The van der Waals surface area contributed by atoms with Crippen LogP contribution in [0.1, 0.15) is 23.2 Å². The zero-order valence-electron chi connectivity index (χ0n) is 16.4. The first-order valence-corrected chi connectivity index (χ1v) is 11.0. The molecule has 4 rings (SSSR count). The number of ether oxygens (including phenoxy) is 1. The van der Waals surface area contributed by atoms with Crippen LogP contribution in [0.4, 0.5) is 5.69 Å². The van der Waals surface area contributed by atoms with Gasteiger partial charge in [-0.1, -0.05) is 40.6 Å². The highest BCUT2D eigenvalue weighted by atomic mass is 35.5. The molecule has 3 amide bonds. The first kappa shape index (κ1) is 21.7. The lowest BCUT2D eigenvalue weighted by Crippen LogP contribution is -2.28. The summed E-state index contributed by atoms with van der Waals surface area (Å²) in [7, 11) is 1.59. The molecule has 3 aromatic rings. The zero-order chi connectivity index (χ0) is 22.1. The molecule has 0 N–H and O–H groups in total. The van der Waals surface area contributed by atoms with Crippen LogP contribution in [-0.2, 0) is 20.9 Å². The largest absolute Gasteiger partial charge is 0.383 e. The summed E-state index contributed by atoms with van der Waals surface area (Å²) in [6.45, 7) is 0.849. The highest BCUT2D eigenvalue weighted by Gasteiger charge is 2.30. The van der Waals surface area contributed by atoms with Crippen molar-refractivity contribution in [1.29, 1.82) is 0 Å². The first-order valence-electron chi connectivity index (χ1n) is 9.41. The van der Waals surface area contributed by atoms with Gasteiger partial charge in [0.25, 0.3) is 5.91 Å². The van der Waals surface area contributed by atoms with Crippen LogP contribution in [0.25, 0.3) is 10.2 Å². The summed E-state index contributed by atoms with van der Waals surface area (Å²) in [6.07, 6.45) is 0.345. The number of aromatic nitrogens is 1. The van der Waals surface area contributed by atoms with E-state index in [1.54, 1.807) is 37.4 Å². The summed E-state index contributed by atoms with van der Waals surface area (Å²) in [4.78, 5) is 42.8. The molecular formula is C21H17Cl2N3O4S. The number of anilines is 1. The Morgan fingerprint density at radius 3 is 2.61 bits per heavy atom. The van der Waals surface area contributed by atoms with Gasteiger partial charge in [-0.2, -0.15) is 4.99 Å². The third-order valence-corrected chi connectivity index (χ3v) is 6.35.